The molecule has 0 spiro atoms. The van der Waals surface area contributed by atoms with E-state index in [0.29, 0.717) is 23.8 Å². The minimum absolute atomic E-state index is 0.267. The molecule has 0 radical (unpaired) electrons. The van der Waals surface area contributed by atoms with Crippen molar-refractivity contribution in [3.8, 4) is 0 Å². The van der Waals surface area contributed by atoms with Gasteiger partial charge in [-0.2, -0.15) is 0 Å². The van der Waals surface area contributed by atoms with Gasteiger partial charge in [0.05, 0.1) is 11.8 Å². The quantitative estimate of drug-likeness (QED) is 0.793. The summed E-state index contributed by atoms with van der Waals surface area (Å²) in [6.07, 6.45) is 3.39. The molecule has 0 amide bonds. The van der Waals surface area contributed by atoms with E-state index in [1.807, 2.05) is 4.90 Å². The summed E-state index contributed by atoms with van der Waals surface area (Å²) in [5.41, 5.74) is 1.22. The topological polar surface area (TPSA) is 23.5 Å². The number of hydrogen-bond donors (Lipinski definition) is 1. The summed E-state index contributed by atoms with van der Waals surface area (Å²) in [6.45, 7) is 6.01. The molecule has 92 valence electrons. The van der Waals surface area contributed by atoms with Gasteiger partial charge in [0, 0.05) is 12.6 Å². The molecule has 2 nitrogen and oxygen atoms in total. The van der Waals surface area contributed by atoms with Crippen molar-refractivity contribution in [1.29, 1.82) is 0 Å². The number of nitrogens with zero attached hydrogens (tertiary/aromatic N) is 1. The molecule has 1 saturated carbocycles. The number of halogens is 1. The average Bonchev–Trinajstić information content (AvgIpc) is 3.10. The highest BCUT2D eigenvalue weighted by molar-refractivity contribution is 5.52. The number of hydrogen-bond acceptors (Lipinski definition) is 2. The van der Waals surface area contributed by atoms with E-state index < -0.39 is 6.10 Å². The first kappa shape index (κ1) is 12.1. The number of anilines is 1. The van der Waals surface area contributed by atoms with Crippen LogP contribution in [0.4, 0.5) is 10.1 Å². The Labute approximate surface area is 101 Å². The Balaban J connectivity index is 2.27. The van der Waals surface area contributed by atoms with Crippen molar-refractivity contribution in [2.24, 2.45) is 0 Å². The molecule has 3 heteroatoms. The average molecular weight is 235 g/mol. The molecule has 1 N–H and O–H groups in total. The van der Waals surface area contributed by atoms with Crippen molar-refractivity contribution >= 4 is 5.69 Å². The maximum Gasteiger partial charge on any atom is 0.146 e. The number of aliphatic hydroxyl groups is 1. The summed E-state index contributed by atoms with van der Waals surface area (Å²) in [4.78, 5) is 2.04. The lowest BCUT2D eigenvalue weighted by Gasteiger charge is -2.24. The van der Waals surface area contributed by atoms with Crippen molar-refractivity contribution in [3.05, 3.63) is 42.2 Å². The van der Waals surface area contributed by atoms with Gasteiger partial charge < -0.3 is 10.0 Å². The Bertz CT molecular complexity index is 413. The lowest BCUT2D eigenvalue weighted by atomic mass is 10.1. The van der Waals surface area contributed by atoms with Crippen LogP contribution < -0.4 is 4.90 Å². The van der Waals surface area contributed by atoms with Crippen LogP contribution in [0.5, 0.6) is 0 Å². The molecule has 2 rings (SSSR count). The molecule has 1 aliphatic rings. The molecule has 0 bridgehead atoms. The van der Waals surface area contributed by atoms with Crippen molar-refractivity contribution in [2.45, 2.75) is 31.9 Å². The van der Waals surface area contributed by atoms with E-state index in [1.165, 1.54) is 6.07 Å². The third-order valence-corrected chi connectivity index (χ3v) is 3.08. The van der Waals surface area contributed by atoms with Gasteiger partial charge in [-0.25, -0.2) is 4.39 Å². The fourth-order valence-corrected chi connectivity index (χ4v) is 1.99. The standard InChI is InChI=1S/C14H18FNO/c1-3-8-16(12-5-6-12)14-7-4-11(10(2)17)9-13(14)15/h3-4,7,9-10,12,17H,1,5-6,8H2,2H3/t10-/m1/s1. The van der Waals surface area contributed by atoms with Crippen LogP contribution in [0, 0.1) is 5.82 Å². The molecule has 1 fully saturated rings. The molecule has 1 atom stereocenters. The van der Waals surface area contributed by atoms with E-state index in [1.54, 1.807) is 25.1 Å². The zero-order valence-electron chi connectivity index (χ0n) is 10.1. The zero-order valence-corrected chi connectivity index (χ0v) is 10.1. The molecule has 17 heavy (non-hydrogen) atoms. The second-order valence-corrected chi connectivity index (χ2v) is 4.56. The van der Waals surface area contributed by atoms with Gasteiger partial charge in [-0.1, -0.05) is 12.1 Å². The molecule has 0 aromatic heterocycles. The summed E-state index contributed by atoms with van der Waals surface area (Å²) >= 11 is 0. The fraction of sp³-hybridized carbons (Fsp3) is 0.429. The molecule has 0 heterocycles. The monoisotopic (exact) mass is 235 g/mol. The first-order valence-electron chi connectivity index (χ1n) is 5.98. The molecule has 1 aromatic rings. The first-order chi connectivity index (χ1) is 8.13. The van der Waals surface area contributed by atoms with E-state index in [0.717, 1.165) is 12.8 Å². The lowest BCUT2D eigenvalue weighted by Crippen LogP contribution is -2.26. The smallest absolute Gasteiger partial charge is 0.146 e. The van der Waals surface area contributed by atoms with Crippen molar-refractivity contribution in [1.82, 2.24) is 0 Å². The summed E-state index contributed by atoms with van der Waals surface area (Å²) < 4.78 is 14.0. The van der Waals surface area contributed by atoms with E-state index >= 15 is 0 Å². The minimum Gasteiger partial charge on any atom is -0.389 e. The predicted molar refractivity (Wildman–Crippen MR) is 67.6 cm³/mol. The van der Waals surface area contributed by atoms with Crippen LogP contribution >= 0.6 is 0 Å². The number of benzene rings is 1. The minimum atomic E-state index is -0.632. The number of aliphatic hydroxyl groups excluding tert-OH is 1. The highest BCUT2D eigenvalue weighted by Crippen LogP contribution is 2.33. The van der Waals surface area contributed by atoms with Crippen LogP contribution in [0.3, 0.4) is 0 Å². The normalized spacial score (nSPS) is 16.6. The van der Waals surface area contributed by atoms with Crippen molar-refractivity contribution in [2.75, 3.05) is 11.4 Å². The van der Waals surface area contributed by atoms with E-state index in [4.69, 9.17) is 0 Å². The van der Waals surface area contributed by atoms with E-state index in [-0.39, 0.29) is 5.82 Å². The van der Waals surface area contributed by atoms with Gasteiger partial charge in [0.2, 0.25) is 0 Å². The molecule has 0 unspecified atom stereocenters. The Hall–Kier alpha value is -1.35. The van der Waals surface area contributed by atoms with Gasteiger partial charge in [-0.3, -0.25) is 0 Å². The maximum atomic E-state index is 14.0. The Kier molecular flexibility index (Phi) is 3.48. The second-order valence-electron chi connectivity index (χ2n) is 4.56. The molecule has 0 saturated heterocycles. The Morgan fingerprint density at radius 2 is 2.29 bits per heavy atom. The molecular weight excluding hydrogens is 217 g/mol. The number of rotatable bonds is 5. The van der Waals surface area contributed by atoms with Gasteiger partial charge in [0.1, 0.15) is 5.82 Å². The molecule has 0 aliphatic heterocycles. The SMILES string of the molecule is C=CCN(c1ccc([C@@H](C)O)cc1F)C1CC1. The first-order valence-corrected chi connectivity index (χ1v) is 5.98. The lowest BCUT2D eigenvalue weighted by molar-refractivity contribution is 0.199. The van der Waals surface area contributed by atoms with E-state index in [9.17, 15) is 9.50 Å². The van der Waals surface area contributed by atoms with Gasteiger partial charge in [0.25, 0.3) is 0 Å². The maximum absolute atomic E-state index is 14.0. The van der Waals surface area contributed by atoms with E-state index in [2.05, 4.69) is 6.58 Å². The molecule has 1 aromatic carbocycles. The van der Waals surface area contributed by atoms with Gasteiger partial charge in [0.15, 0.2) is 0 Å². The third kappa shape index (κ3) is 2.67. The predicted octanol–water partition coefficient (Wildman–Crippen LogP) is 3.03. The summed E-state index contributed by atoms with van der Waals surface area (Å²) in [7, 11) is 0. The molecular formula is C14H18FNO. The highest BCUT2D eigenvalue weighted by Gasteiger charge is 2.29. The van der Waals surface area contributed by atoms with Crippen LogP contribution in [-0.4, -0.2) is 17.7 Å². The van der Waals surface area contributed by atoms with Crippen LogP contribution in [-0.2, 0) is 0 Å². The zero-order chi connectivity index (χ0) is 12.4. The summed E-state index contributed by atoms with van der Waals surface area (Å²) in [6, 6.07) is 5.39. The van der Waals surface area contributed by atoms with Crippen LogP contribution in [0.15, 0.2) is 30.9 Å². The fourth-order valence-electron chi connectivity index (χ4n) is 1.99. The summed E-state index contributed by atoms with van der Waals surface area (Å²) in [5, 5.41) is 9.41. The van der Waals surface area contributed by atoms with Crippen LogP contribution in [0.2, 0.25) is 0 Å². The Morgan fingerprint density at radius 1 is 1.59 bits per heavy atom. The third-order valence-electron chi connectivity index (χ3n) is 3.08. The van der Waals surface area contributed by atoms with Crippen molar-refractivity contribution < 1.29 is 9.50 Å². The van der Waals surface area contributed by atoms with Crippen LogP contribution in [0.1, 0.15) is 31.4 Å². The van der Waals surface area contributed by atoms with Crippen LogP contribution in [0.25, 0.3) is 0 Å². The van der Waals surface area contributed by atoms with Gasteiger partial charge in [-0.15, -0.1) is 6.58 Å². The van der Waals surface area contributed by atoms with Crippen molar-refractivity contribution in [3.63, 3.8) is 0 Å². The molecule has 1 aliphatic carbocycles. The Morgan fingerprint density at radius 3 is 2.76 bits per heavy atom. The highest BCUT2D eigenvalue weighted by atomic mass is 19.1. The summed E-state index contributed by atoms with van der Waals surface area (Å²) in [5.74, 6) is -0.267. The largest absolute Gasteiger partial charge is 0.389 e. The second kappa shape index (κ2) is 4.88. The van der Waals surface area contributed by atoms with Gasteiger partial charge >= 0.3 is 0 Å². The van der Waals surface area contributed by atoms with Gasteiger partial charge in [-0.05, 0) is 37.5 Å².